The van der Waals surface area contributed by atoms with Crippen LogP contribution in [-0.4, -0.2) is 47.8 Å². The minimum absolute atomic E-state index is 0.133. The van der Waals surface area contributed by atoms with Crippen LogP contribution in [-0.2, 0) is 4.79 Å². The molecule has 178 valence electrons. The van der Waals surface area contributed by atoms with E-state index in [0.717, 1.165) is 0 Å². The van der Waals surface area contributed by atoms with E-state index in [1.54, 1.807) is 36.4 Å². The minimum atomic E-state index is -0.350. The Labute approximate surface area is 204 Å². The molecule has 2 heterocycles. The summed E-state index contributed by atoms with van der Waals surface area (Å²) < 4.78 is 22.2. The number of hydrogen-bond acceptors (Lipinski definition) is 10. The Kier molecular flexibility index (Phi) is 7.70. The number of thioether (sulfide) groups is 1. The van der Waals surface area contributed by atoms with Gasteiger partial charge < -0.3 is 24.3 Å². The van der Waals surface area contributed by atoms with Gasteiger partial charge in [-0.15, -0.1) is 10.2 Å². The lowest BCUT2D eigenvalue weighted by Crippen LogP contribution is -2.13. The van der Waals surface area contributed by atoms with Crippen molar-refractivity contribution in [3.05, 3.63) is 42.0 Å². The average molecular weight is 503 g/mol. The number of anilines is 2. The fraction of sp³-hybridized carbons (Fsp3) is 0.273. The first kappa shape index (κ1) is 23.6. The van der Waals surface area contributed by atoms with Crippen LogP contribution >= 0.6 is 23.1 Å². The van der Waals surface area contributed by atoms with Crippen LogP contribution in [0.1, 0.15) is 24.2 Å². The summed E-state index contributed by atoms with van der Waals surface area (Å²) in [5, 5.41) is 13.9. The lowest BCUT2D eigenvalue weighted by molar-refractivity contribution is -0.113. The van der Waals surface area contributed by atoms with E-state index in [9.17, 15) is 9.59 Å². The highest BCUT2D eigenvalue weighted by Gasteiger charge is 2.16. The number of benzene rings is 2. The first-order valence-electron chi connectivity index (χ1n) is 10.4. The lowest BCUT2D eigenvalue weighted by Gasteiger charge is -2.12. The second kappa shape index (κ2) is 11.1. The molecular weight excluding hydrogens is 480 g/mol. The second-order valence-electron chi connectivity index (χ2n) is 6.76. The van der Waals surface area contributed by atoms with Gasteiger partial charge >= 0.3 is 0 Å². The zero-order valence-corrected chi connectivity index (χ0v) is 20.1. The lowest BCUT2D eigenvalue weighted by atomic mass is 10.2. The molecule has 0 fully saturated rings. The number of rotatable bonds is 10. The topological polar surface area (TPSA) is 121 Å². The van der Waals surface area contributed by atoms with Crippen LogP contribution in [0.2, 0.25) is 0 Å². The van der Waals surface area contributed by atoms with E-state index in [0.29, 0.717) is 56.9 Å². The minimum Gasteiger partial charge on any atom is -0.490 e. The van der Waals surface area contributed by atoms with Crippen molar-refractivity contribution in [1.29, 1.82) is 0 Å². The molecule has 0 unspecified atom stereocenters. The molecular formula is C22H22N4O6S2. The molecule has 2 N–H and O–H groups in total. The standard InChI is InChI=1S/C22H22N4O6S2/c1-3-29-15-7-5-13(9-17(15)30-4-2)20(28)24-21-25-26-22(34-21)33-11-19(27)23-14-6-8-16-18(10-14)32-12-31-16/h5-10H,3-4,11-12H2,1-2H3,(H,23,27)(H,24,25,28). The Balaban J connectivity index is 1.30. The van der Waals surface area contributed by atoms with Gasteiger partial charge in [0.05, 0.1) is 19.0 Å². The Morgan fingerprint density at radius 1 is 1.00 bits per heavy atom. The monoisotopic (exact) mass is 502 g/mol. The molecule has 1 aliphatic heterocycles. The van der Waals surface area contributed by atoms with Crippen molar-refractivity contribution in [2.24, 2.45) is 0 Å². The Morgan fingerprint density at radius 2 is 1.79 bits per heavy atom. The molecule has 0 atom stereocenters. The molecule has 0 aliphatic carbocycles. The van der Waals surface area contributed by atoms with Gasteiger partial charge in [0.1, 0.15) is 0 Å². The van der Waals surface area contributed by atoms with Crippen LogP contribution in [0.4, 0.5) is 10.8 Å². The predicted octanol–water partition coefficient (Wildman–Crippen LogP) is 4.05. The quantitative estimate of drug-likeness (QED) is 0.312. The number of aromatic nitrogens is 2. The number of fused-ring (bicyclic) bond motifs is 1. The highest BCUT2D eigenvalue weighted by Crippen LogP contribution is 2.34. The molecule has 4 rings (SSSR count). The highest BCUT2D eigenvalue weighted by atomic mass is 32.2. The van der Waals surface area contributed by atoms with E-state index in [2.05, 4.69) is 20.8 Å². The zero-order valence-electron chi connectivity index (χ0n) is 18.5. The van der Waals surface area contributed by atoms with Gasteiger partial charge in [-0.05, 0) is 44.2 Å². The molecule has 3 aromatic rings. The maximum atomic E-state index is 12.6. The van der Waals surface area contributed by atoms with Crippen LogP contribution in [0.15, 0.2) is 40.7 Å². The van der Waals surface area contributed by atoms with E-state index < -0.39 is 0 Å². The molecule has 0 saturated carbocycles. The van der Waals surface area contributed by atoms with E-state index in [-0.39, 0.29) is 24.4 Å². The molecule has 2 aromatic carbocycles. The number of carbonyl (C=O) groups is 2. The first-order chi connectivity index (χ1) is 16.6. The molecule has 0 radical (unpaired) electrons. The van der Waals surface area contributed by atoms with Crippen molar-refractivity contribution in [3.8, 4) is 23.0 Å². The summed E-state index contributed by atoms with van der Waals surface area (Å²) in [5.74, 6) is 1.90. The average Bonchev–Trinajstić information content (AvgIpc) is 3.48. The van der Waals surface area contributed by atoms with Gasteiger partial charge in [0, 0.05) is 17.3 Å². The SMILES string of the molecule is CCOc1ccc(C(=O)Nc2nnc(SCC(=O)Nc3ccc4c(c3)OCO4)s2)cc1OCC. The number of nitrogens with zero attached hydrogens (tertiary/aromatic N) is 2. The Bertz CT molecular complexity index is 1190. The molecule has 2 amide bonds. The smallest absolute Gasteiger partial charge is 0.257 e. The van der Waals surface area contributed by atoms with Crippen molar-refractivity contribution in [3.63, 3.8) is 0 Å². The van der Waals surface area contributed by atoms with Crippen LogP contribution < -0.4 is 29.6 Å². The number of carbonyl (C=O) groups excluding carboxylic acids is 2. The molecule has 0 saturated heterocycles. The van der Waals surface area contributed by atoms with Gasteiger partial charge in [0.25, 0.3) is 5.91 Å². The molecule has 0 bridgehead atoms. The normalized spacial score (nSPS) is 11.7. The molecule has 1 aliphatic rings. The zero-order chi connectivity index (χ0) is 23.9. The molecule has 10 nitrogen and oxygen atoms in total. The van der Waals surface area contributed by atoms with Gasteiger partial charge in [-0.1, -0.05) is 23.1 Å². The van der Waals surface area contributed by atoms with Crippen LogP contribution in [0.25, 0.3) is 0 Å². The van der Waals surface area contributed by atoms with Gasteiger partial charge in [-0.25, -0.2) is 0 Å². The van der Waals surface area contributed by atoms with Crippen molar-refractivity contribution in [2.45, 2.75) is 18.2 Å². The first-order valence-corrected chi connectivity index (χ1v) is 12.2. The van der Waals surface area contributed by atoms with E-state index in [4.69, 9.17) is 18.9 Å². The fourth-order valence-electron chi connectivity index (χ4n) is 2.98. The summed E-state index contributed by atoms with van der Waals surface area (Å²) >= 11 is 2.41. The molecule has 34 heavy (non-hydrogen) atoms. The highest BCUT2D eigenvalue weighted by molar-refractivity contribution is 8.01. The van der Waals surface area contributed by atoms with Crippen LogP contribution in [0.5, 0.6) is 23.0 Å². The van der Waals surface area contributed by atoms with Crippen molar-refractivity contribution < 1.29 is 28.5 Å². The summed E-state index contributed by atoms with van der Waals surface area (Å²) in [7, 11) is 0. The Hall–Kier alpha value is -3.51. The van der Waals surface area contributed by atoms with Crippen molar-refractivity contribution in [1.82, 2.24) is 10.2 Å². The van der Waals surface area contributed by atoms with Crippen LogP contribution in [0.3, 0.4) is 0 Å². The third-order valence-electron chi connectivity index (χ3n) is 4.42. The van der Waals surface area contributed by atoms with E-state index >= 15 is 0 Å². The third-order valence-corrected chi connectivity index (χ3v) is 6.39. The summed E-state index contributed by atoms with van der Waals surface area (Å²) in [4.78, 5) is 24.9. The third kappa shape index (κ3) is 5.88. The number of hydrogen-bond donors (Lipinski definition) is 2. The molecule has 0 spiro atoms. The van der Waals surface area contributed by atoms with Crippen molar-refractivity contribution >= 4 is 45.7 Å². The van der Waals surface area contributed by atoms with E-state index in [1.165, 1.54) is 23.1 Å². The summed E-state index contributed by atoms with van der Waals surface area (Å²) in [6.07, 6.45) is 0. The fourth-order valence-corrected chi connectivity index (χ4v) is 4.53. The maximum absolute atomic E-state index is 12.6. The van der Waals surface area contributed by atoms with Gasteiger partial charge in [-0.2, -0.15) is 0 Å². The summed E-state index contributed by atoms with van der Waals surface area (Å²) in [6, 6.07) is 10.2. The summed E-state index contributed by atoms with van der Waals surface area (Å²) in [5.41, 5.74) is 1.02. The van der Waals surface area contributed by atoms with Gasteiger partial charge in [0.15, 0.2) is 27.3 Å². The number of nitrogens with one attached hydrogen (secondary N) is 2. The van der Waals surface area contributed by atoms with Crippen LogP contribution in [0, 0.1) is 0 Å². The van der Waals surface area contributed by atoms with Crippen molar-refractivity contribution in [2.75, 3.05) is 36.4 Å². The largest absolute Gasteiger partial charge is 0.490 e. The van der Waals surface area contributed by atoms with E-state index in [1.807, 2.05) is 13.8 Å². The second-order valence-corrected chi connectivity index (χ2v) is 8.96. The van der Waals surface area contributed by atoms with Gasteiger partial charge in [-0.3, -0.25) is 14.9 Å². The summed E-state index contributed by atoms with van der Waals surface area (Å²) in [6.45, 7) is 4.85. The molecule has 12 heteroatoms. The molecule has 1 aromatic heterocycles. The Morgan fingerprint density at radius 3 is 2.62 bits per heavy atom. The predicted molar refractivity (Wildman–Crippen MR) is 129 cm³/mol. The van der Waals surface area contributed by atoms with Gasteiger partial charge in [0.2, 0.25) is 17.8 Å². The number of ether oxygens (including phenoxy) is 4. The number of amides is 2. The maximum Gasteiger partial charge on any atom is 0.257 e.